The van der Waals surface area contributed by atoms with Gasteiger partial charge in [0, 0.05) is 5.56 Å². The molecule has 0 aliphatic rings. The van der Waals surface area contributed by atoms with E-state index in [1.807, 2.05) is 13.8 Å². The van der Waals surface area contributed by atoms with Crippen molar-refractivity contribution >= 4 is 23.3 Å². The van der Waals surface area contributed by atoms with Crippen molar-refractivity contribution in [3.05, 3.63) is 40.5 Å². The van der Waals surface area contributed by atoms with Gasteiger partial charge in [-0.05, 0) is 38.1 Å². The number of aryl methyl sites for hydroxylation is 2. The Kier molecular flexibility index (Phi) is 4.07. The Morgan fingerprint density at radius 3 is 2.57 bits per heavy atom. The Morgan fingerprint density at radius 1 is 1.22 bits per heavy atom. The van der Waals surface area contributed by atoms with Crippen LogP contribution in [0.4, 0.5) is 6.01 Å². The third-order valence-corrected chi connectivity index (χ3v) is 4.16. The standard InChI is InChI=1S/C15H14N4O3S/c1-8-12(23-9(2)16-8)14-18-19-15(22-14)17-13(20)10-4-6-11(21-3)7-5-10/h4-7H,1-3H3,(H,17,19,20). The van der Waals surface area contributed by atoms with Gasteiger partial charge < -0.3 is 9.15 Å². The summed E-state index contributed by atoms with van der Waals surface area (Å²) < 4.78 is 10.5. The molecule has 2 heterocycles. The number of hydrogen-bond donors (Lipinski definition) is 1. The van der Waals surface area contributed by atoms with Crippen molar-refractivity contribution in [1.82, 2.24) is 15.2 Å². The van der Waals surface area contributed by atoms with Crippen molar-refractivity contribution in [2.24, 2.45) is 0 Å². The van der Waals surface area contributed by atoms with E-state index >= 15 is 0 Å². The predicted octanol–water partition coefficient (Wildman–Crippen LogP) is 3.07. The van der Waals surface area contributed by atoms with Crippen LogP contribution < -0.4 is 10.1 Å². The third kappa shape index (κ3) is 3.21. The highest BCUT2D eigenvalue weighted by atomic mass is 32.1. The summed E-state index contributed by atoms with van der Waals surface area (Å²) in [6, 6.07) is 6.77. The zero-order valence-electron chi connectivity index (χ0n) is 12.8. The van der Waals surface area contributed by atoms with Crippen LogP contribution in [0.2, 0.25) is 0 Å². The highest BCUT2D eigenvalue weighted by Crippen LogP contribution is 2.29. The number of rotatable bonds is 4. The molecule has 0 atom stereocenters. The first-order chi connectivity index (χ1) is 11.1. The molecule has 1 N–H and O–H groups in total. The molecule has 0 saturated heterocycles. The lowest BCUT2D eigenvalue weighted by atomic mass is 10.2. The summed E-state index contributed by atoms with van der Waals surface area (Å²) in [5.74, 6) is 0.691. The molecule has 0 saturated carbocycles. The summed E-state index contributed by atoms with van der Waals surface area (Å²) in [6.45, 7) is 3.78. The number of nitrogens with zero attached hydrogens (tertiary/aromatic N) is 3. The molecule has 2 aromatic heterocycles. The lowest BCUT2D eigenvalue weighted by Crippen LogP contribution is -2.11. The second kappa shape index (κ2) is 6.17. The highest BCUT2D eigenvalue weighted by Gasteiger charge is 2.16. The number of carbonyl (C=O) groups is 1. The van der Waals surface area contributed by atoms with Crippen molar-refractivity contribution in [2.75, 3.05) is 12.4 Å². The molecule has 118 valence electrons. The van der Waals surface area contributed by atoms with Crippen LogP contribution in [-0.2, 0) is 0 Å². The van der Waals surface area contributed by atoms with Gasteiger partial charge in [0.1, 0.15) is 10.6 Å². The molecule has 3 rings (SSSR count). The maximum Gasteiger partial charge on any atom is 0.322 e. The van der Waals surface area contributed by atoms with Gasteiger partial charge in [-0.3, -0.25) is 10.1 Å². The molecule has 1 amide bonds. The lowest BCUT2D eigenvalue weighted by Gasteiger charge is -2.02. The van der Waals surface area contributed by atoms with Crippen LogP contribution in [0.25, 0.3) is 10.8 Å². The molecule has 0 fully saturated rings. The topological polar surface area (TPSA) is 90.1 Å². The minimum atomic E-state index is -0.333. The van der Waals surface area contributed by atoms with Gasteiger partial charge >= 0.3 is 6.01 Å². The van der Waals surface area contributed by atoms with Gasteiger partial charge in [0.25, 0.3) is 11.8 Å². The molecule has 0 unspecified atom stereocenters. The van der Waals surface area contributed by atoms with E-state index in [0.29, 0.717) is 17.2 Å². The highest BCUT2D eigenvalue weighted by molar-refractivity contribution is 7.15. The van der Waals surface area contributed by atoms with Crippen molar-refractivity contribution in [3.8, 4) is 16.5 Å². The van der Waals surface area contributed by atoms with Crippen LogP contribution in [-0.4, -0.2) is 28.2 Å². The van der Waals surface area contributed by atoms with Crippen molar-refractivity contribution < 1.29 is 13.9 Å². The van der Waals surface area contributed by atoms with Crippen LogP contribution in [0.5, 0.6) is 5.75 Å². The molecule has 0 aliphatic heterocycles. The fourth-order valence-electron chi connectivity index (χ4n) is 2.01. The van der Waals surface area contributed by atoms with Crippen LogP contribution in [0.15, 0.2) is 28.7 Å². The number of carbonyl (C=O) groups excluding carboxylic acids is 1. The van der Waals surface area contributed by atoms with Gasteiger partial charge in [0.05, 0.1) is 17.8 Å². The first kappa shape index (κ1) is 15.2. The van der Waals surface area contributed by atoms with E-state index in [0.717, 1.165) is 15.6 Å². The van der Waals surface area contributed by atoms with Gasteiger partial charge in [-0.25, -0.2) is 4.98 Å². The number of aromatic nitrogens is 3. The number of anilines is 1. The third-order valence-electron chi connectivity index (χ3n) is 3.10. The molecule has 23 heavy (non-hydrogen) atoms. The summed E-state index contributed by atoms with van der Waals surface area (Å²) >= 11 is 1.47. The molecule has 0 bridgehead atoms. The summed E-state index contributed by atoms with van der Waals surface area (Å²) in [6.07, 6.45) is 0. The van der Waals surface area contributed by atoms with Crippen molar-refractivity contribution in [3.63, 3.8) is 0 Å². The van der Waals surface area contributed by atoms with E-state index in [9.17, 15) is 4.79 Å². The molecule has 7 nitrogen and oxygen atoms in total. The number of methoxy groups -OCH3 is 1. The second-order valence-corrected chi connectivity index (χ2v) is 5.95. The second-order valence-electron chi connectivity index (χ2n) is 4.74. The normalized spacial score (nSPS) is 10.6. The Morgan fingerprint density at radius 2 is 1.96 bits per heavy atom. The Hall–Kier alpha value is -2.74. The number of nitrogens with one attached hydrogen (secondary N) is 1. The zero-order chi connectivity index (χ0) is 16.4. The molecule has 0 spiro atoms. The minimum Gasteiger partial charge on any atom is -0.497 e. The van der Waals surface area contributed by atoms with Crippen LogP contribution in [0.1, 0.15) is 21.1 Å². The van der Waals surface area contributed by atoms with E-state index in [2.05, 4.69) is 20.5 Å². The van der Waals surface area contributed by atoms with Crippen molar-refractivity contribution in [1.29, 1.82) is 0 Å². The molecule has 0 aliphatic carbocycles. The molecule has 1 aromatic carbocycles. The Bertz CT molecular complexity index is 839. The quantitative estimate of drug-likeness (QED) is 0.790. The Labute approximate surface area is 136 Å². The number of amides is 1. The maximum atomic E-state index is 12.1. The fraction of sp³-hybridized carbons (Fsp3) is 0.200. The van der Waals surface area contributed by atoms with Gasteiger partial charge in [0.2, 0.25) is 0 Å². The minimum absolute atomic E-state index is 0.0475. The van der Waals surface area contributed by atoms with E-state index in [4.69, 9.17) is 9.15 Å². The summed E-state index contributed by atoms with van der Waals surface area (Å²) in [5, 5.41) is 11.3. The summed E-state index contributed by atoms with van der Waals surface area (Å²) in [7, 11) is 1.57. The van der Waals surface area contributed by atoms with Gasteiger partial charge in [-0.15, -0.1) is 16.4 Å². The summed E-state index contributed by atoms with van der Waals surface area (Å²) in [4.78, 5) is 17.3. The van der Waals surface area contributed by atoms with Crippen LogP contribution >= 0.6 is 11.3 Å². The first-order valence-corrected chi connectivity index (χ1v) is 7.62. The van der Waals surface area contributed by atoms with Crippen LogP contribution in [0.3, 0.4) is 0 Å². The Balaban J connectivity index is 1.75. The summed E-state index contributed by atoms with van der Waals surface area (Å²) in [5.41, 5.74) is 1.29. The smallest absolute Gasteiger partial charge is 0.322 e. The SMILES string of the molecule is COc1ccc(C(=O)Nc2nnc(-c3sc(C)nc3C)o2)cc1. The zero-order valence-corrected chi connectivity index (χ0v) is 13.6. The molecular weight excluding hydrogens is 316 g/mol. The monoisotopic (exact) mass is 330 g/mol. The fourth-order valence-corrected chi connectivity index (χ4v) is 2.85. The number of ether oxygens (including phenoxy) is 1. The predicted molar refractivity (Wildman–Crippen MR) is 85.8 cm³/mol. The average Bonchev–Trinajstić information content (AvgIpc) is 3.13. The molecular formula is C15H14N4O3S. The first-order valence-electron chi connectivity index (χ1n) is 6.80. The van der Waals surface area contributed by atoms with E-state index in [1.165, 1.54) is 11.3 Å². The molecule has 3 aromatic rings. The average molecular weight is 330 g/mol. The van der Waals surface area contributed by atoms with E-state index < -0.39 is 0 Å². The van der Waals surface area contributed by atoms with E-state index in [1.54, 1.807) is 31.4 Å². The van der Waals surface area contributed by atoms with Gasteiger partial charge in [-0.2, -0.15) is 0 Å². The lowest BCUT2D eigenvalue weighted by molar-refractivity contribution is 0.102. The van der Waals surface area contributed by atoms with Gasteiger partial charge in [0.15, 0.2) is 0 Å². The molecule has 0 radical (unpaired) electrons. The number of benzene rings is 1. The van der Waals surface area contributed by atoms with Gasteiger partial charge in [-0.1, -0.05) is 5.10 Å². The maximum absolute atomic E-state index is 12.1. The molecule has 8 heteroatoms. The van der Waals surface area contributed by atoms with E-state index in [-0.39, 0.29) is 11.9 Å². The number of thiazole rings is 1. The van der Waals surface area contributed by atoms with Crippen LogP contribution in [0, 0.1) is 13.8 Å². The number of hydrogen-bond acceptors (Lipinski definition) is 7. The largest absolute Gasteiger partial charge is 0.497 e. The van der Waals surface area contributed by atoms with Crippen molar-refractivity contribution in [2.45, 2.75) is 13.8 Å².